The lowest BCUT2D eigenvalue weighted by molar-refractivity contribution is 0.332. The van der Waals surface area contributed by atoms with E-state index in [-0.39, 0.29) is 39.2 Å². The van der Waals surface area contributed by atoms with E-state index in [1.807, 2.05) is 0 Å². The van der Waals surface area contributed by atoms with E-state index in [0.717, 1.165) is 6.42 Å². The standard InChI is InChI=1S/C64H65BN2/c1-37-28-39(38-18-15-14-16-19-38)22-25-51(37)66-53-34-47-45(60(5,6)26-27-61(47,7)8)32-49(53)65-50-33-46-48-35-54(50)67(56-31-41(59(2,3)4)30-55(66)58(56)65)52-21-17-20-44-57(52)42-29-40(23-24-43(42)63(44,11)12)64(48,13)36-62(46,9)10/h14-25,28-35H,26-27,36H2,1-13H3. The van der Waals surface area contributed by atoms with Gasteiger partial charge in [-0.3, -0.25) is 0 Å². The van der Waals surface area contributed by atoms with Crippen molar-refractivity contribution >= 4 is 57.2 Å². The third-order valence-corrected chi connectivity index (χ3v) is 18.3. The number of fused-ring (bicyclic) bond motifs is 8. The number of nitrogens with zero attached hydrogens (tertiary/aromatic N) is 2. The molecule has 3 heterocycles. The molecule has 0 saturated carbocycles. The fourth-order valence-electron chi connectivity index (χ4n) is 14.4. The number of hydrogen-bond donors (Lipinski definition) is 0. The van der Waals surface area contributed by atoms with Gasteiger partial charge in [-0.15, -0.1) is 0 Å². The maximum Gasteiger partial charge on any atom is 0.252 e. The van der Waals surface area contributed by atoms with Gasteiger partial charge in [0.05, 0.1) is 5.69 Å². The predicted octanol–water partition coefficient (Wildman–Crippen LogP) is 15.0. The summed E-state index contributed by atoms with van der Waals surface area (Å²) in [6, 6.07) is 48.9. The molecule has 0 radical (unpaired) electrons. The van der Waals surface area contributed by atoms with Gasteiger partial charge in [-0.2, -0.15) is 0 Å². The van der Waals surface area contributed by atoms with Crippen molar-refractivity contribution in [3.8, 4) is 22.3 Å². The van der Waals surface area contributed by atoms with Gasteiger partial charge in [0.15, 0.2) is 0 Å². The molecule has 0 fully saturated rings. The quantitative estimate of drug-likeness (QED) is 0.160. The first kappa shape index (κ1) is 41.4. The van der Waals surface area contributed by atoms with Gasteiger partial charge in [0.1, 0.15) is 0 Å². The Hall–Kier alpha value is -5.80. The Bertz CT molecular complexity index is 3360. The molecule has 7 aromatic rings. The van der Waals surface area contributed by atoms with Crippen molar-refractivity contribution in [1.29, 1.82) is 0 Å². The van der Waals surface area contributed by atoms with Crippen molar-refractivity contribution in [1.82, 2.24) is 0 Å². The molecule has 6 aliphatic rings. The van der Waals surface area contributed by atoms with Crippen LogP contribution in [0.4, 0.5) is 34.1 Å². The van der Waals surface area contributed by atoms with Crippen LogP contribution in [0, 0.1) is 6.92 Å². The Morgan fingerprint density at radius 2 is 1.09 bits per heavy atom. The van der Waals surface area contributed by atoms with E-state index in [9.17, 15) is 0 Å². The first-order valence-electron chi connectivity index (χ1n) is 25.2. The summed E-state index contributed by atoms with van der Waals surface area (Å²) in [5, 5.41) is 0. The number of anilines is 6. The lowest BCUT2D eigenvalue weighted by Gasteiger charge is -2.48. The first-order valence-corrected chi connectivity index (χ1v) is 25.2. The van der Waals surface area contributed by atoms with E-state index in [4.69, 9.17) is 0 Å². The minimum Gasteiger partial charge on any atom is -0.311 e. The molecule has 3 heteroatoms. The maximum absolute atomic E-state index is 2.76. The Kier molecular flexibility index (Phi) is 7.93. The van der Waals surface area contributed by atoms with E-state index in [1.165, 1.54) is 136 Å². The lowest BCUT2D eigenvalue weighted by Crippen LogP contribution is -2.62. The van der Waals surface area contributed by atoms with Crippen molar-refractivity contribution in [3.05, 3.63) is 171 Å². The Morgan fingerprint density at radius 1 is 0.478 bits per heavy atom. The Balaban J connectivity index is 1.20. The van der Waals surface area contributed by atoms with E-state index >= 15 is 0 Å². The number of benzene rings is 7. The van der Waals surface area contributed by atoms with E-state index < -0.39 is 0 Å². The summed E-state index contributed by atoms with van der Waals surface area (Å²) in [4.78, 5) is 5.47. The molecule has 0 spiro atoms. The van der Waals surface area contributed by atoms with Crippen molar-refractivity contribution in [2.24, 2.45) is 0 Å². The molecule has 0 aromatic heterocycles. The highest BCUT2D eigenvalue weighted by Crippen LogP contribution is 2.61. The van der Waals surface area contributed by atoms with Gasteiger partial charge in [0, 0.05) is 44.8 Å². The molecule has 1 atom stereocenters. The molecule has 4 bridgehead atoms. The maximum atomic E-state index is 2.76. The van der Waals surface area contributed by atoms with Crippen LogP contribution in [0.3, 0.4) is 0 Å². The fraction of sp³-hybridized carbons (Fsp3) is 0.344. The van der Waals surface area contributed by atoms with Gasteiger partial charge < -0.3 is 9.80 Å². The average molecular weight is 873 g/mol. The van der Waals surface area contributed by atoms with Crippen LogP contribution in [0.15, 0.2) is 121 Å². The molecule has 13 rings (SSSR count). The molecular weight excluding hydrogens is 808 g/mol. The monoisotopic (exact) mass is 873 g/mol. The minimum atomic E-state index is -0.133. The van der Waals surface area contributed by atoms with E-state index in [1.54, 1.807) is 0 Å². The van der Waals surface area contributed by atoms with Crippen molar-refractivity contribution in [3.63, 3.8) is 0 Å². The third kappa shape index (κ3) is 5.35. The zero-order valence-electron chi connectivity index (χ0n) is 42.1. The van der Waals surface area contributed by atoms with Gasteiger partial charge in [0.25, 0.3) is 6.71 Å². The predicted molar refractivity (Wildman–Crippen MR) is 286 cm³/mol. The van der Waals surface area contributed by atoms with Crippen molar-refractivity contribution in [2.75, 3.05) is 9.80 Å². The highest BCUT2D eigenvalue weighted by molar-refractivity contribution is 7.00. The second-order valence-corrected chi connectivity index (χ2v) is 25.3. The lowest BCUT2D eigenvalue weighted by atomic mass is 9.32. The van der Waals surface area contributed by atoms with Gasteiger partial charge in [-0.25, -0.2) is 0 Å². The first-order chi connectivity index (χ1) is 31.6. The van der Waals surface area contributed by atoms with Crippen LogP contribution in [-0.2, 0) is 32.5 Å². The van der Waals surface area contributed by atoms with Gasteiger partial charge in [0.2, 0.25) is 0 Å². The van der Waals surface area contributed by atoms with Crippen LogP contribution in [0.5, 0.6) is 0 Å². The van der Waals surface area contributed by atoms with Crippen LogP contribution in [-0.4, -0.2) is 6.71 Å². The summed E-state index contributed by atoms with van der Waals surface area (Å²) >= 11 is 0. The molecule has 7 aromatic carbocycles. The second kappa shape index (κ2) is 12.8. The zero-order valence-corrected chi connectivity index (χ0v) is 42.1. The molecule has 3 aliphatic heterocycles. The summed E-state index contributed by atoms with van der Waals surface area (Å²) in [5.41, 5.74) is 30.2. The zero-order chi connectivity index (χ0) is 46.7. The topological polar surface area (TPSA) is 6.48 Å². The molecule has 334 valence electrons. The van der Waals surface area contributed by atoms with Crippen LogP contribution in [0.1, 0.15) is 152 Å². The van der Waals surface area contributed by atoms with Gasteiger partial charge in [-0.05, 0) is 180 Å². The SMILES string of the molecule is Cc1cc(-c2ccccc2)ccc1N1c2cc3c(cc2B2c4cc5c6cc4N(c4cc(C(C)(C)C)cc1c42)c1cccc2c1-c1cc(ccc1C2(C)C)C6(C)CC5(C)C)C(C)(C)CCC3(C)C. The fourth-order valence-corrected chi connectivity index (χ4v) is 14.4. The van der Waals surface area contributed by atoms with E-state index in [2.05, 4.69) is 221 Å². The smallest absolute Gasteiger partial charge is 0.252 e. The number of hydrogen-bond acceptors (Lipinski definition) is 2. The van der Waals surface area contributed by atoms with E-state index in [0.29, 0.717) is 0 Å². The van der Waals surface area contributed by atoms with Gasteiger partial charge >= 0.3 is 0 Å². The Morgan fingerprint density at radius 3 is 1.73 bits per heavy atom. The molecule has 1 unspecified atom stereocenters. The highest BCUT2D eigenvalue weighted by atomic mass is 15.2. The molecule has 0 N–H and O–H groups in total. The largest absolute Gasteiger partial charge is 0.311 e. The van der Waals surface area contributed by atoms with Crippen LogP contribution < -0.4 is 26.2 Å². The molecular formula is C64H65BN2. The average Bonchev–Trinajstić information content (AvgIpc) is 3.64. The van der Waals surface area contributed by atoms with Gasteiger partial charge in [-0.1, -0.05) is 156 Å². The Labute approximate surface area is 400 Å². The summed E-state index contributed by atoms with van der Waals surface area (Å²) in [5.74, 6) is 0. The molecule has 3 aliphatic carbocycles. The summed E-state index contributed by atoms with van der Waals surface area (Å²) < 4.78 is 0. The van der Waals surface area contributed by atoms with Crippen LogP contribution in [0.25, 0.3) is 22.3 Å². The minimum absolute atomic E-state index is 0.0174. The molecule has 2 nitrogen and oxygen atoms in total. The van der Waals surface area contributed by atoms with Crippen molar-refractivity contribution in [2.45, 2.75) is 142 Å². The molecule has 0 amide bonds. The third-order valence-electron chi connectivity index (χ3n) is 18.3. The summed E-state index contributed by atoms with van der Waals surface area (Å²) in [7, 11) is 0. The summed E-state index contributed by atoms with van der Waals surface area (Å²) in [6.45, 7) is 32.1. The summed E-state index contributed by atoms with van der Waals surface area (Å²) in [6.07, 6.45) is 3.43. The van der Waals surface area contributed by atoms with Crippen LogP contribution in [0.2, 0.25) is 0 Å². The molecule has 67 heavy (non-hydrogen) atoms. The highest BCUT2D eigenvalue weighted by Gasteiger charge is 2.53. The van der Waals surface area contributed by atoms with Crippen molar-refractivity contribution < 1.29 is 0 Å². The second-order valence-electron chi connectivity index (χ2n) is 25.3. The normalized spacial score (nSPS) is 20.9. The number of rotatable bonds is 2. The molecule has 0 saturated heterocycles. The van der Waals surface area contributed by atoms with Crippen LogP contribution >= 0.6 is 0 Å². The number of aryl methyl sites for hydroxylation is 1.